The smallest absolute Gasteiger partial charge is 0.265 e. The van der Waals surface area contributed by atoms with E-state index in [1.54, 1.807) is 18.2 Å². The average molecular weight is 264 g/mol. The fourth-order valence-electron chi connectivity index (χ4n) is 1.49. The zero-order valence-corrected chi connectivity index (χ0v) is 10.5. The number of nitrogens with zero attached hydrogens (tertiary/aromatic N) is 2. The van der Waals surface area contributed by atoms with Crippen molar-refractivity contribution in [1.82, 2.24) is 4.98 Å². The summed E-state index contributed by atoms with van der Waals surface area (Å²) in [5.41, 5.74) is 0.388. The van der Waals surface area contributed by atoms with Crippen LogP contribution >= 0.6 is 0 Å². The van der Waals surface area contributed by atoms with Crippen LogP contribution in [0, 0.1) is 0 Å². The summed E-state index contributed by atoms with van der Waals surface area (Å²) >= 11 is 0. The van der Waals surface area contributed by atoms with Gasteiger partial charge in [0.15, 0.2) is 0 Å². The molecule has 0 radical (unpaired) electrons. The van der Waals surface area contributed by atoms with Gasteiger partial charge in [-0.25, -0.2) is 8.42 Å². The Morgan fingerprint density at radius 1 is 1.22 bits per heavy atom. The molecule has 1 N–H and O–H groups in total. The normalized spacial score (nSPS) is 11.2. The molecule has 0 fully saturated rings. The van der Waals surface area contributed by atoms with Crippen LogP contribution in [0.5, 0.6) is 5.75 Å². The third-order valence-electron chi connectivity index (χ3n) is 2.49. The molecular formula is C12H12N2O3S. The Morgan fingerprint density at radius 3 is 2.61 bits per heavy atom. The number of hydrogen-bond donors (Lipinski definition) is 1. The number of hydrogen-bond acceptors (Lipinski definition) is 4. The van der Waals surface area contributed by atoms with Crippen LogP contribution in [0.3, 0.4) is 0 Å². The van der Waals surface area contributed by atoms with Crippen molar-refractivity contribution < 1.29 is 13.5 Å². The minimum absolute atomic E-state index is 0.0146. The Balaban J connectivity index is 2.43. The molecule has 0 atom stereocenters. The summed E-state index contributed by atoms with van der Waals surface area (Å²) in [7, 11) is -2.22. The molecule has 0 bridgehead atoms. The minimum atomic E-state index is -3.65. The highest BCUT2D eigenvalue weighted by Gasteiger charge is 2.21. The number of aromatic hydroxyl groups is 1. The molecule has 0 saturated carbocycles. The van der Waals surface area contributed by atoms with Crippen molar-refractivity contribution in [2.24, 2.45) is 0 Å². The second-order valence-corrected chi connectivity index (χ2v) is 5.65. The number of phenolic OH excluding ortho intramolecular Hbond substituents is 1. The molecule has 0 aliphatic carbocycles. The summed E-state index contributed by atoms with van der Waals surface area (Å²) in [5.74, 6) is 0.0146. The van der Waals surface area contributed by atoms with E-state index in [0.717, 1.165) is 4.31 Å². The Bertz CT molecular complexity index is 641. The van der Waals surface area contributed by atoms with E-state index in [2.05, 4.69) is 4.98 Å². The molecule has 0 unspecified atom stereocenters. The van der Waals surface area contributed by atoms with Gasteiger partial charge in [-0.3, -0.25) is 9.29 Å². The molecular weight excluding hydrogens is 252 g/mol. The molecule has 0 spiro atoms. The van der Waals surface area contributed by atoms with Crippen molar-refractivity contribution in [2.75, 3.05) is 11.4 Å². The highest BCUT2D eigenvalue weighted by atomic mass is 32.2. The number of benzene rings is 1. The topological polar surface area (TPSA) is 70.5 Å². The van der Waals surface area contributed by atoms with Gasteiger partial charge in [0.05, 0.1) is 5.69 Å². The van der Waals surface area contributed by atoms with Gasteiger partial charge in [0, 0.05) is 25.5 Å². The summed E-state index contributed by atoms with van der Waals surface area (Å²) < 4.78 is 25.6. The van der Waals surface area contributed by atoms with Crippen molar-refractivity contribution in [3.8, 4) is 5.75 Å². The molecule has 0 aliphatic rings. The van der Waals surface area contributed by atoms with Gasteiger partial charge in [0.25, 0.3) is 10.0 Å². The van der Waals surface area contributed by atoms with Crippen molar-refractivity contribution in [1.29, 1.82) is 0 Å². The maximum atomic E-state index is 12.2. The highest BCUT2D eigenvalue weighted by Crippen LogP contribution is 2.24. The summed E-state index contributed by atoms with van der Waals surface area (Å²) in [6.07, 6.45) is 2.79. The van der Waals surface area contributed by atoms with Gasteiger partial charge in [-0.2, -0.15) is 0 Å². The lowest BCUT2D eigenvalue weighted by Crippen LogP contribution is -2.26. The number of sulfonamides is 1. The maximum Gasteiger partial charge on any atom is 0.265 e. The number of phenols is 1. The van der Waals surface area contributed by atoms with Crippen LogP contribution in [0.2, 0.25) is 0 Å². The predicted octanol–water partition coefficient (Wildman–Crippen LogP) is 1.61. The van der Waals surface area contributed by atoms with E-state index < -0.39 is 10.0 Å². The van der Waals surface area contributed by atoms with Crippen molar-refractivity contribution >= 4 is 15.7 Å². The quantitative estimate of drug-likeness (QED) is 0.914. The number of aromatic nitrogens is 1. The largest absolute Gasteiger partial charge is 0.508 e. The van der Waals surface area contributed by atoms with Gasteiger partial charge in [0.1, 0.15) is 10.6 Å². The molecule has 2 aromatic rings. The molecule has 94 valence electrons. The lowest BCUT2D eigenvalue weighted by atomic mass is 10.3. The number of anilines is 1. The molecule has 1 aromatic carbocycles. The monoisotopic (exact) mass is 264 g/mol. The van der Waals surface area contributed by atoms with Crippen LogP contribution in [-0.4, -0.2) is 25.6 Å². The fourth-order valence-corrected chi connectivity index (χ4v) is 2.64. The van der Waals surface area contributed by atoms with Crippen LogP contribution in [0.1, 0.15) is 0 Å². The standard InChI is InChI=1S/C12H12N2O3S/c1-14(10-4-2-5-11(15)8-10)18(16,17)12-6-3-7-13-9-12/h2-9,15H,1H3. The van der Waals surface area contributed by atoms with Gasteiger partial charge in [-0.05, 0) is 24.3 Å². The Morgan fingerprint density at radius 2 is 2.00 bits per heavy atom. The Kier molecular flexibility index (Phi) is 3.20. The first-order valence-electron chi connectivity index (χ1n) is 5.20. The van der Waals surface area contributed by atoms with Crippen LogP contribution in [0.15, 0.2) is 53.7 Å². The molecule has 0 aliphatic heterocycles. The van der Waals surface area contributed by atoms with Gasteiger partial charge in [-0.1, -0.05) is 6.07 Å². The lowest BCUT2D eigenvalue weighted by molar-refractivity contribution is 0.475. The lowest BCUT2D eigenvalue weighted by Gasteiger charge is -2.19. The third-order valence-corrected chi connectivity index (χ3v) is 4.26. The predicted molar refractivity (Wildman–Crippen MR) is 67.9 cm³/mol. The van der Waals surface area contributed by atoms with Gasteiger partial charge < -0.3 is 5.11 Å². The first-order valence-corrected chi connectivity index (χ1v) is 6.64. The first kappa shape index (κ1) is 12.4. The molecule has 2 rings (SSSR count). The van der Waals surface area contributed by atoms with Crippen LogP contribution in [-0.2, 0) is 10.0 Å². The summed E-state index contributed by atoms with van der Waals surface area (Å²) in [6, 6.07) is 9.08. The molecule has 0 amide bonds. The summed E-state index contributed by atoms with van der Waals surface area (Å²) in [4.78, 5) is 3.90. The number of pyridine rings is 1. The SMILES string of the molecule is CN(c1cccc(O)c1)S(=O)(=O)c1cccnc1. The molecule has 6 heteroatoms. The fraction of sp³-hybridized carbons (Fsp3) is 0.0833. The van der Waals surface area contributed by atoms with E-state index in [-0.39, 0.29) is 10.6 Å². The number of rotatable bonds is 3. The van der Waals surface area contributed by atoms with E-state index in [4.69, 9.17) is 0 Å². The van der Waals surface area contributed by atoms with Crippen molar-refractivity contribution in [3.05, 3.63) is 48.8 Å². The highest BCUT2D eigenvalue weighted by molar-refractivity contribution is 7.92. The maximum absolute atomic E-state index is 12.2. The van der Waals surface area contributed by atoms with E-state index in [1.165, 1.54) is 37.6 Å². The van der Waals surface area contributed by atoms with E-state index in [9.17, 15) is 13.5 Å². The van der Waals surface area contributed by atoms with Gasteiger partial charge in [0.2, 0.25) is 0 Å². The second kappa shape index (κ2) is 4.66. The molecule has 0 saturated heterocycles. The summed E-state index contributed by atoms with van der Waals surface area (Å²) in [5, 5.41) is 9.36. The third kappa shape index (κ3) is 2.28. The molecule has 1 heterocycles. The molecule has 1 aromatic heterocycles. The van der Waals surface area contributed by atoms with Crippen molar-refractivity contribution in [3.63, 3.8) is 0 Å². The van der Waals surface area contributed by atoms with Gasteiger partial charge >= 0.3 is 0 Å². The zero-order chi connectivity index (χ0) is 13.2. The van der Waals surface area contributed by atoms with E-state index >= 15 is 0 Å². The van der Waals surface area contributed by atoms with Crippen molar-refractivity contribution in [2.45, 2.75) is 4.90 Å². The van der Waals surface area contributed by atoms with Crippen LogP contribution < -0.4 is 4.31 Å². The van der Waals surface area contributed by atoms with E-state index in [1.807, 2.05) is 0 Å². The van der Waals surface area contributed by atoms with Gasteiger partial charge in [-0.15, -0.1) is 0 Å². The second-order valence-electron chi connectivity index (χ2n) is 3.68. The average Bonchev–Trinajstić information content (AvgIpc) is 2.39. The first-order chi connectivity index (χ1) is 8.51. The summed E-state index contributed by atoms with van der Waals surface area (Å²) in [6.45, 7) is 0. The van der Waals surface area contributed by atoms with Crippen LogP contribution in [0.4, 0.5) is 5.69 Å². The Labute approximate surface area is 105 Å². The van der Waals surface area contributed by atoms with Crippen LogP contribution in [0.25, 0.3) is 0 Å². The minimum Gasteiger partial charge on any atom is -0.508 e. The molecule has 18 heavy (non-hydrogen) atoms. The zero-order valence-electron chi connectivity index (χ0n) is 9.69. The van der Waals surface area contributed by atoms with E-state index in [0.29, 0.717) is 5.69 Å². The molecule has 5 nitrogen and oxygen atoms in total. The Hall–Kier alpha value is -2.08.